The Balaban J connectivity index is 1.53. The highest BCUT2D eigenvalue weighted by atomic mass is 32.1. The molecule has 3 rings (SSSR count). The van der Waals surface area contributed by atoms with Gasteiger partial charge >= 0.3 is 0 Å². The van der Waals surface area contributed by atoms with Gasteiger partial charge in [0.2, 0.25) is 0 Å². The van der Waals surface area contributed by atoms with Crippen LogP contribution in [0, 0.1) is 0 Å². The van der Waals surface area contributed by atoms with Crippen LogP contribution < -0.4 is 16.4 Å². The monoisotopic (exact) mass is 479 g/mol. The molecule has 3 aromatic rings. The SMILES string of the molecule is CC(=NOC(C)(C)C)c1ccc(C(=O)NCC(N)c2ccc(C(=O)Nc3ccncc3)cc2)s1. The van der Waals surface area contributed by atoms with Crippen LogP contribution in [0.1, 0.15) is 64.2 Å². The number of amides is 2. The van der Waals surface area contributed by atoms with Crippen molar-refractivity contribution in [1.82, 2.24) is 10.3 Å². The second-order valence-corrected chi connectivity index (χ2v) is 9.76. The van der Waals surface area contributed by atoms with Crippen LogP contribution in [0.2, 0.25) is 0 Å². The Morgan fingerprint density at radius 2 is 1.68 bits per heavy atom. The minimum absolute atomic E-state index is 0.204. The van der Waals surface area contributed by atoms with Crippen molar-refractivity contribution in [2.45, 2.75) is 39.3 Å². The smallest absolute Gasteiger partial charge is 0.261 e. The van der Waals surface area contributed by atoms with Crippen LogP contribution in [0.3, 0.4) is 0 Å². The number of aromatic nitrogens is 1. The first-order valence-corrected chi connectivity index (χ1v) is 11.6. The maximum Gasteiger partial charge on any atom is 0.261 e. The van der Waals surface area contributed by atoms with Crippen molar-refractivity contribution < 1.29 is 14.4 Å². The van der Waals surface area contributed by atoms with E-state index in [4.69, 9.17) is 10.6 Å². The lowest BCUT2D eigenvalue weighted by Crippen LogP contribution is -2.31. The fourth-order valence-electron chi connectivity index (χ4n) is 2.83. The molecule has 4 N–H and O–H groups in total. The molecule has 1 unspecified atom stereocenters. The Bertz CT molecular complexity index is 1150. The average molecular weight is 480 g/mol. The maximum absolute atomic E-state index is 12.6. The number of hydrogen-bond acceptors (Lipinski definition) is 7. The molecular weight excluding hydrogens is 450 g/mol. The molecule has 0 saturated heterocycles. The minimum atomic E-state index is -0.413. The van der Waals surface area contributed by atoms with Gasteiger partial charge in [0.25, 0.3) is 11.8 Å². The fourth-order valence-corrected chi connectivity index (χ4v) is 3.69. The highest BCUT2D eigenvalue weighted by Crippen LogP contribution is 2.19. The van der Waals surface area contributed by atoms with Crippen molar-refractivity contribution in [3.63, 3.8) is 0 Å². The molecule has 8 nitrogen and oxygen atoms in total. The van der Waals surface area contributed by atoms with E-state index >= 15 is 0 Å². The molecule has 2 heterocycles. The van der Waals surface area contributed by atoms with E-state index in [1.807, 2.05) is 33.8 Å². The number of benzene rings is 1. The van der Waals surface area contributed by atoms with E-state index in [0.29, 0.717) is 21.8 Å². The van der Waals surface area contributed by atoms with Gasteiger partial charge in [0.1, 0.15) is 5.60 Å². The first-order chi connectivity index (χ1) is 16.1. The Morgan fingerprint density at radius 1 is 1.03 bits per heavy atom. The summed E-state index contributed by atoms with van der Waals surface area (Å²) in [5, 5.41) is 9.81. The summed E-state index contributed by atoms with van der Waals surface area (Å²) in [6.45, 7) is 7.87. The first kappa shape index (κ1) is 25.1. The molecule has 0 spiro atoms. The van der Waals surface area contributed by atoms with E-state index in [-0.39, 0.29) is 24.0 Å². The molecule has 178 valence electrons. The zero-order valence-electron chi connectivity index (χ0n) is 19.7. The van der Waals surface area contributed by atoms with Gasteiger partial charge in [0.15, 0.2) is 0 Å². The Morgan fingerprint density at radius 3 is 2.32 bits per heavy atom. The summed E-state index contributed by atoms with van der Waals surface area (Å²) < 4.78 is 0. The number of hydrogen-bond donors (Lipinski definition) is 3. The predicted octanol–water partition coefficient (Wildman–Crippen LogP) is 4.36. The molecule has 1 aromatic carbocycles. The number of carbonyl (C=O) groups is 2. The Kier molecular flexibility index (Phi) is 8.14. The summed E-state index contributed by atoms with van der Waals surface area (Å²) in [6.07, 6.45) is 3.22. The number of pyridine rings is 1. The molecule has 34 heavy (non-hydrogen) atoms. The van der Waals surface area contributed by atoms with Crippen LogP contribution in [0.5, 0.6) is 0 Å². The van der Waals surface area contributed by atoms with Crippen LogP contribution in [-0.4, -0.2) is 34.7 Å². The van der Waals surface area contributed by atoms with Crippen LogP contribution in [0.4, 0.5) is 5.69 Å². The van der Waals surface area contributed by atoms with Gasteiger partial charge in [-0.2, -0.15) is 0 Å². The lowest BCUT2D eigenvalue weighted by molar-refractivity contribution is 0.000981. The first-order valence-electron chi connectivity index (χ1n) is 10.8. The van der Waals surface area contributed by atoms with Crippen LogP contribution >= 0.6 is 11.3 Å². The van der Waals surface area contributed by atoms with Crippen LogP contribution in [0.15, 0.2) is 66.1 Å². The maximum atomic E-state index is 12.6. The summed E-state index contributed by atoms with van der Waals surface area (Å²) in [5.74, 6) is -0.426. The summed E-state index contributed by atoms with van der Waals surface area (Å²) in [5.41, 5.74) is 8.58. The fraction of sp³-hybridized carbons (Fsp3) is 0.280. The predicted molar refractivity (Wildman–Crippen MR) is 135 cm³/mol. The molecular formula is C25H29N5O3S. The number of nitrogens with two attached hydrogens (primary N) is 1. The summed E-state index contributed by atoms with van der Waals surface area (Å²) in [7, 11) is 0. The van der Waals surface area contributed by atoms with Gasteiger partial charge in [0, 0.05) is 36.2 Å². The number of nitrogens with zero attached hydrogens (tertiary/aromatic N) is 2. The van der Waals surface area contributed by atoms with E-state index in [1.165, 1.54) is 11.3 Å². The number of oxime groups is 1. The standard InChI is InChI=1S/C25H29N5O3S/c1-16(30-33-25(2,3)4)21-9-10-22(34-21)24(32)28-15-20(26)17-5-7-18(8-6-17)23(31)29-19-11-13-27-14-12-19/h5-14,20H,15,26H2,1-4H3,(H,28,32)(H,27,29,31). The van der Waals surface area contributed by atoms with Crippen LogP contribution in [0.25, 0.3) is 0 Å². The van der Waals surface area contributed by atoms with E-state index in [9.17, 15) is 9.59 Å². The Labute approximate surface area is 203 Å². The van der Waals surface area contributed by atoms with Gasteiger partial charge in [-0.05, 0) is 69.7 Å². The number of carbonyl (C=O) groups excluding carboxylic acids is 2. The molecule has 0 bridgehead atoms. The quantitative estimate of drug-likeness (QED) is 0.328. The summed E-state index contributed by atoms with van der Waals surface area (Å²) >= 11 is 1.34. The van der Waals surface area contributed by atoms with Crippen molar-refractivity contribution in [2.75, 3.05) is 11.9 Å². The third kappa shape index (κ3) is 7.23. The number of anilines is 1. The summed E-state index contributed by atoms with van der Waals surface area (Å²) in [6, 6.07) is 13.6. The molecule has 0 aliphatic carbocycles. The third-order valence-corrected chi connectivity index (χ3v) is 5.86. The molecule has 9 heteroatoms. The minimum Gasteiger partial charge on any atom is -0.390 e. The summed E-state index contributed by atoms with van der Waals surface area (Å²) in [4.78, 5) is 35.7. The molecule has 0 fully saturated rings. The Hall–Kier alpha value is -3.56. The van der Waals surface area contributed by atoms with Crippen molar-refractivity contribution in [2.24, 2.45) is 10.9 Å². The molecule has 0 aliphatic rings. The van der Waals surface area contributed by atoms with Gasteiger partial charge < -0.3 is 21.2 Å². The van der Waals surface area contributed by atoms with Gasteiger partial charge in [-0.3, -0.25) is 14.6 Å². The molecule has 2 amide bonds. The van der Waals surface area contributed by atoms with E-state index < -0.39 is 6.04 Å². The van der Waals surface area contributed by atoms with Crippen LogP contribution in [-0.2, 0) is 4.84 Å². The number of nitrogens with one attached hydrogen (secondary N) is 2. The molecule has 2 aromatic heterocycles. The molecule has 0 aliphatic heterocycles. The van der Waals surface area contributed by atoms with Crippen molar-refractivity contribution in [3.05, 3.63) is 81.8 Å². The van der Waals surface area contributed by atoms with Crippen molar-refractivity contribution >= 4 is 34.6 Å². The van der Waals surface area contributed by atoms with E-state index in [2.05, 4.69) is 20.8 Å². The average Bonchev–Trinajstić information content (AvgIpc) is 3.31. The highest BCUT2D eigenvalue weighted by molar-refractivity contribution is 7.16. The van der Waals surface area contributed by atoms with Gasteiger partial charge in [0.05, 0.1) is 15.5 Å². The van der Waals surface area contributed by atoms with Gasteiger partial charge in [-0.1, -0.05) is 17.3 Å². The topological polar surface area (TPSA) is 119 Å². The number of rotatable bonds is 8. The number of thiophene rings is 1. The zero-order valence-corrected chi connectivity index (χ0v) is 20.5. The van der Waals surface area contributed by atoms with E-state index in [0.717, 1.165) is 10.4 Å². The lowest BCUT2D eigenvalue weighted by atomic mass is 10.0. The highest BCUT2D eigenvalue weighted by Gasteiger charge is 2.15. The van der Waals surface area contributed by atoms with Crippen molar-refractivity contribution in [1.29, 1.82) is 0 Å². The zero-order chi connectivity index (χ0) is 24.7. The largest absolute Gasteiger partial charge is 0.390 e. The second-order valence-electron chi connectivity index (χ2n) is 8.67. The molecule has 0 radical (unpaired) electrons. The van der Waals surface area contributed by atoms with Crippen molar-refractivity contribution in [3.8, 4) is 0 Å². The normalized spacial score (nSPS) is 12.7. The van der Waals surface area contributed by atoms with Gasteiger partial charge in [-0.25, -0.2) is 0 Å². The van der Waals surface area contributed by atoms with Gasteiger partial charge in [-0.15, -0.1) is 11.3 Å². The van der Waals surface area contributed by atoms with E-state index in [1.54, 1.807) is 54.9 Å². The lowest BCUT2D eigenvalue weighted by Gasteiger charge is -2.15. The molecule has 1 atom stereocenters. The third-order valence-electron chi connectivity index (χ3n) is 4.66. The second kappa shape index (κ2) is 11.0. The molecule has 0 saturated carbocycles.